The van der Waals surface area contributed by atoms with E-state index in [4.69, 9.17) is 11.6 Å². The summed E-state index contributed by atoms with van der Waals surface area (Å²) in [5.74, 6) is -0.626. The molecule has 182 valence electrons. The molecule has 0 saturated carbocycles. The molecule has 2 aromatic carbocycles. The Balaban J connectivity index is 1.38. The van der Waals surface area contributed by atoms with Gasteiger partial charge in [0.25, 0.3) is 11.8 Å². The number of benzene rings is 2. The first-order valence-electron chi connectivity index (χ1n) is 10.8. The van der Waals surface area contributed by atoms with E-state index in [2.05, 4.69) is 15.5 Å². The molecule has 2 heterocycles. The number of anilines is 2. The van der Waals surface area contributed by atoms with Crippen LogP contribution in [0.2, 0.25) is 5.02 Å². The average molecular weight is 504 g/mol. The number of aromatic nitrogens is 2. The highest BCUT2D eigenvalue weighted by Gasteiger charge is 2.36. The van der Waals surface area contributed by atoms with Crippen LogP contribution in [0.3, 0.4) is 0 Å². The lowest BCUT2D eigenvalue weighted by atomic mass is 10.1. The second kappa shape index (κ2) is 9.91. The first-order valence-corrected chi connectivity index (χ1v) is 11.1. The number of carbonyl (C=O) groups is 2. The molecule has 3 aromatic rings. The maximum atomic E-state index is 13.3. The van der Waals surface area contributed by atoms with E-state index in [1.54, 1.807) is 18.2 Å². The number of alkyl halides is 3. The molecule has 11 heteroatoms. The zero-order chi connectivity index (χ0) is 25.2. The van der Waals surface area contributed by atoms with E-state index in [1.165, 1.54) is 29.2 Å². The Labute approximate surface area is 204 Å². The maximum absolute atomic E-state index is 13.3. The Morgan fingerprint density at radius 3 is 2.31 bits per heavy atom. The zero-order valence-electron chi connectivity index (χ0n) is 18.6. The second-order valence-corrected chi connectivity index (χ2v) is 8.37. The molecule has 0 spiro atoms. The first-order chi connectivity index (χ1) is 16.6. The summed E-state index contributed by atoms with van der Waals surface area (Å²) < 4.78 is 39.8. The minimum Gasteiger partial charge on any atom is -0.352 e. The number of carbonyl (C=O) groups excluding carboxylic acids is 2. The first kappa shape index (κ1) is 24.5. The Morgan fingerprint density at radius 2 is 1.66 bits per heavy atom. The predicted molar refractivity (Wildman–Crippen MR) is 126 cm³/mol. The van der Waals surface area contributed by atoms with E-state index >= 15 is 0 Å². The third-order valence-corrected chi connectivity index (χ3v) is 6.18. The fraction of sp³-hybridized carbons (Fsp3) is 0.250. The van der Waals surface area contributed by atoms with Crippen molar-refractivity contribution in [2.45, 2.75) is 13.1 Å². The van der Waals surface area contributed by atoms with Crippen molar-refractivity contribution in [3.63, 3.8) is 0 Å². The monoisotopic (exact) mass is 503 g/mol. The molecule has 1 saturated heterocycles. The number of halogens is 4. The van der Waals surface area contributed by atoms with Crippen molar-refractivity contribution < 1.29 is 22.8 Å². The molecule has 2 amide bonds. The number of piperazine rings is 1. The van der Waals surface area contributed by atoms with E-state index in [0.717, 1.165) is 11.6 Å². The van der Waals surface area contributed by atoms with Gasteiger partial charge in [0, 0.05) is 26.2 Å². The van der Waals surface area contributed by atoms with Crippen molar-refractivity contribution in [2.75, 3.05) is 36.4 Å². The number of hydrogen-bond donors (Lipinski definition) is 1. The van der Waals surface area contributed by atoms with Crippen molar-refractivity contribution in [1.29, 1.82) is 0 Å². The van der Waals surface area contributed by atoms with E-state index in [-0.39, 0.29) is 24.3 Å². The van der Waals surface area contributed by atoms with Crippen molar-refractivity contribution in [3.8, 4) is 0 Å². The number of nitrogens with zero attached hydrogens (tertiary/aromatic N) is 4. The highest BCUT2D eigenvalue weighted by atomic mass is 35.5. The molecule has 7 nitrogen and oxygen atoms in total. The van der Waals surface area contributed by atoms with Gasteiger partial charge in [-0.2, -0.15) is 13.2 Å². The second-order valence-electron chi connectivity index (χ2n) is 7.99. The Hall–Kier alpha value is -3.66. The minimum atomic E-state index is -4.61. The van der Waals surface area contributed by atoms with Crippen LogP contribution in [0.4, 0.5) is 24.7 Å². The van der Waals surface area contributed by atoms with Crippen LogP contribution in [-0.2, 0) is 6.18 Å². The summed E-state index contributed by atoms with van der Waals surface area (Å²) >= 11 is 6.21. The molecule has 0 aliphatic carbocycles. The van der Waals surface area contributed by atoms with Gasteiger partial charge in [-0.05, 0) is 42.8 Å². The summed E-state index contributed by atoms with van der Waals surface area (Å²) in [4.78, 5) is 28.5. The molecule has 0 radical (unpaired) electrons. The van der Waals surface area contributed by atoms with Gasteiger partial charge in [0.1, 0.15) is 0 Å². The number of nitrogens with one attached hydrogen (secondary N) is 1. The van der Waals surface area contributed by atoms with Gasteiger partial charge in [0.15, 0.2) is 11.5 Å². The van der Waals surface area contributed by atoms with E-state index in [0.29, 0.717) is 29.6 Å². The number of aryl methyl sites for hydroxylation is 1. The van der Waals surface area contributed by atoms with Crippen LogP contribution in [0.1, 0.15) is 32.0 Å². The molecular weight excluding hydrogens is 483 g/mol. The standard InChI is InChI=1S/C24H21ClF3N5O2/c1-15-5-4-8-18(21(15)25)29-22(34)19-9-10-20(31-30-19)32-11-13-33(14-12-32)23(35)16-6-2-3-7-17(16)24(26,27)28/h2-10H,11-14H2,1H3,(H,29,34). The SMILES string of the molecule is Cc1cccc(NC(=O)c2ccc(N3CCN(C(=O)c4ccccc4C(F)(F)F)CC3)nn2)c1Cl. The lowest BCUT2D eigenvalue weighted by molar-refractivity contribution is -0.138. The van der Waals surface area contributed by atoms with Crippen LogP contribution < -0.4 is 10.2 Å². The van der Waals surface area contributed by atoms with E-state index < -0.39 is 23.6 Å². The summed E-state index contributed by atoms with van der Waals surface area (Å²) in [6.07, 6.45) is -4.61. The summed E-state index contributed by atoms with van der Waals surface area (Å²) in [6, 6.07) is 13.2. The van der Waals surface area contributed by atoms with E-state index in [9.17, 15) is 22.8 Å². The molecule has 1 aliphatic heterocycles. The predicted octanol–water partition coefficient (Wildman–Crippen LogP) is 4.67. The van der Waals surface area contributed by atoms with Crippen LogP contribution in [0.15, 0.2) is 54.6 Å². The van der Waals surface area contributed by atoms with Gasteiger partial charge in [0.05, 0.1) is 21.8 Å². The molecule has 35 heavy (non-hydrogen) atoms. The molecule has 1 N–H and O–H groups in total. The smallest absolute Gasteiger partial charge is 0.352 e. The highest BCUT2D eigenvalue weighted by molar-refractivity contribution is 6.34. The fourth-order valence-corrected chi connectivity index (χ4v) is 3.94. The fourth-order valence-electron chi connectivity index (χ4n) is 3.77. The number of hydrogen-bond acceptors (Lipinski definition) is 5. The maximum Gasteiger partial charge on any atom is 0.417 e. The van der Waals surface area contributed by atoms with Crippen molar-refractivity contribution in [2.24, 2.45) is 0 Å². The van der Waals surface area contributed by atoms with Crippen molar-refractivity contribution in [1.82, 2.24) is 15.1 Å². The third-order valence-electron chi connectivity index (χ3n) is 5.68. The summed E-state index contributed by atoms with van der Waals surface area (Å²) in [6.45, 7) is 2.99. The largest absolute Gasteiger partial charge is 0.417 e. The summed E-state index contributed by atoms with van der Waals surface area (Å²) in [7, 11) is 0. The topological polar surface area (TPSA) is 78.4 Å². The molecule has 1 fully saturated rings. The normalized spacial score (nSPS) is 14.1. The Bertz CT molecular complexity index is 1240. The van der Waals surface area contributed by atoms with Gasteiger partial charge >= 0.3 is 6.18 Å². The zero-order valence-corrected chi connectivity index (χ0v) is 19.4. The molecule has 4 rings (SSSR count). The minimum absolute atomic E-state index is 0.101. The lowest BCUT2D eigenvalue weighted by Gasteiger charge is -2.35. The van der Waals surface area contributed by atoms with Crippen LogP contribution in [0.25, 0.3) is 0 Å². The van der Waals surface area contributed by atoms with Crippen LogP contribution >= 0.6 is 11.6 Å². The van der Waals surface area contributed by atoms with Gasteiger partial charge in [-0.15, -0.1) is 10.2 Å². The molecule has 0 bridgehead atoms. The van der Waals surface area contributed by atoms with Crippen molar-refractivity contribution in [3.05, 3.63) is 82.0 Å². The van der Waals surface area contributed by atoms with Crippen LogP contribution in [0.5, 0.6) is 0 Å². The lowest BCUT2D eigenvalue weighted by Crippen LogP contribution is -2.49. The number of amides is 2. The molecule has 0 atom stereocenters. The van der Waals surface area contributed by atoms with Gasteiger partial charge in [-0.3, -0.25) is 9.59 Å². The summed E-state index contributed by atoms with van der Waals surface area (Å²) in [5, 5.41) is 11.2. The highest BCUT2D eigenvalue weighted by Crippen LogP contribution is 2.32. The molecule has 1 aliphatic rings. The number of rotatable bonds is 4. The van der Waals surface area contributed by atoms with Crippen LogP contribution in [0, 0.1) is 6.92 Å². The molecule has 0 unspecified atom stereocenters. The molecule has 1 aromatic heterocycles. The van der Waals surface area contributed by atoms with Gasteiger partial charge in [0.2, 0.25) is 0 Å². The van der Waals surface area contributed by atoms with Gasteiger partial charge < -0.3 is 15.1 Å². The van der Waals surface area contributed by atoms with Gasteiger partial charge in [-0.1, -0.05) is 35.9 Å². The van der Waals surface area contributed by atoms with Crippen LogP contribution in [-0.4, -0.2) is 53.1 Å². The Morgan fingerprint density at radius 1 is 0.943 bits per heavy atom. The summed E-state index contributed by atoms with van der Waals surface area (Å²) in [5.41, 5.74) is 0.0844. The van der Waals surface area contributed by atoms with Gasteiger partial charge in [-0.25, -0.2) is 0 Å². The average Bonchev–Trinajstić information content (AvgIpc) is 2.86. The van der Waals surface area contributed by atoms with E-state index in [1.807, 2.05) is 17.9 Å². The third kappa shape index (κ3) is 5.37. The molecular formula is C24H21ClF3N5O2. The quantitative estimate of drug-likeness (QED) is 0.559. The van der Waals surface area contributed by atoms with Crippen molar-refractivity contribution >= 4 is 34.9 Å². The Kier molecular flexibility index (Phi) is 6.93.